The van der Waals surface area contributed by atoms with E-state index in [0.29, 0.717) is 0 Å². The first-order chi connectivity index (χ1) is 12.8. The fourth-order valence-corrected chi connectivity index (χ4v) is 2.29. The van der Waals surface area contributed by atoms with Crippen LogP contribution in [0.5, 0.6) is 0 Å². The van der Waals surface area contributed by atoms with E-state index >= 15 is 0 Å². The van der Waals surface area contributed by atoms with E-state index in [4.69, 9.17) is 14.2 Å². The molecule has 27 heavy (non-hydrogen) atoms. The lowest BCUT2D eigenvalue weighted by Crippen LogP contribution is -2.36. The van der Waals surface area contributed by atoms with Gasteiger partial charge in [-0.25, -0.2) is 0 Å². The van der Waals surface area contributed by atoms with E-state index in [-0.39, 0.29) is 32.5 Å². The summed E-state index contributed by atoms with van der Waals surface area (Å²) in [5, 5.41) is 0. The highest BCUT2D eigenvalue weighted by Crippen LogP contribution is 2.23. The van der Waals surface area contributed by atoms with Crippen LogP contribution in [0.3, 0.4) is 0 Å². The minimum atomic E-state index is -4.59. The monoisotopic (exact) mass is 388 g/mol. The highest BCUT2D eigenvalue weighted by molar-refractivity contribution is 5.95. The maximum Gasteiger partial charge on any atom is 0.409 e. The summed E-state index contributed by atoms with van der Waals surface area (Å²) in [6.45, 7) is 2.86. The van der Waals surface area contributed by atoms with Gasteiger partial charge < -0.3 is 14.2 Å². The summed E-state index contributed by atoms with van der Waals surface area (Å²) in [6.07, 6.45) is -3.87. The molecular weight excluding hydrogens is 365 g/mol. The average molecular weight is 388 g/mol. The average Bonchev–Trinajstić information content (AvgIpc) is 2.60. The largest absolute Gasteiger partial charge is 0.465 e. The highest BCUT2D eigenvalue weighted by Gasteiger charge is 2.37. The van der Waals surface area contributed by atoms with Crippen LogP contribution in [0, 0.1) is 11.8 Å². The number of hydrogen-bond acceptors (Lipinski definition) is 5. The van der Waals surface area contributed by atoms with Gasteiger partial charge >= 0.3 is 18.1 Å². The van der Waals surface area contributed by atoms with E-state index in [2.05, 4.69) is 0 Å². The molecular formula is C19H23F3O5. The van der Waals surface area contributed by atoms with Crippen molar-refractivity contribution < 1.29 is 37.0 Å². The maximum atomic E-state index is 12.6. The number of halogens is 3. The SMILES string of the molecule is CCOC(=O)C(C(=O)OCC)C(/C=C/C(F)(F)F)COCc1ccccc1. The van der Waals surface area contributed by atoms with Gasteiger partial charge in [-0.2, -0.15) is 13.2 Å². The molecule has 0 heterocycles. The van der Waals surface area contributed by atoms with Gasteiger partial charge in [0.2, 0.25) is 0 Å². The molecule has 0 aromatic heterocycles. The van der Waals surface area contributed by atoms with Crippen LogP contribution < -0.4 is 0 Å². The summed E-state index contributed by atoms with van der Waals surface area (Å²) >= 11 is 0. The van der Waals surface area contributed by atoms with E-state index < -0.39 is 30.0 Å². The van der Waals surface area contributed by atoms with Crippen molar-refractivity contribution >= 4 is 11.9 Å². The van der Waals surface area contributed by atoms with Crippen molar-refractivity contribution in [3.8, 4) is 0 Å². The Kier molecular flexibility index (Phi) is 9.56. The fourth-order valence-electron chi connectivity index (χ4n) is 2.29. The molecule has 0 saturated heterocycles. The van der Waals surface area contributed by atoms with Crippen molar-refractivity contribution in [2.75, 3.05) is 19.8 Å². The van der Waals surface area contributed by atoms with Crippen LogP contribution in [0.4, 0.5) is 13.2 Å². The third kappa shape index (κ3) is 8.72. The summed E-state index contributed by atoms with van der Waals surface area (Å²) in [7, 11) is 0. The molecule has 1 aromatic rings. The Morgan fingerprint density at radius 1 is 1.04 bits per heavy atom. The number of allylic oxidation sites excluding steroid dienone is 1. The molecule has 0 amide bonds. The zero-order valence-electron chi connectivity index (χ0n) is 15.2. The molecule has 0 spiro atoms. The Bertz CT molecular complexity index is 596. The topological polar surface area (TPSA) is 61.8 Å². The maximum absolute atomic E-state index is 12.6. The predicted molar refractivity (Wildman–Crippen MR) is 91.5 cm³/mol. The number of alkyl halides is 3. The molecule has 0 N–H and O–H groups in total. The number of ether oxygens (including phenoxy) is 3. The van der Waals surface area contributed by atoms with Crippen molar-refractivity contribution in [1.82, 2.24) is 0 Å². The number of rotatable bonds is 10. The first kappa shape index (κ1) is 22.7. The second-order valence-corrected chi connectivity index (χ2v) is 5.55. The summed E-state index contributed by atoms with van der Waals surface area (Å²) in [5.74, 6) is -4.63. The van der Waals surface area contributed by atoms with Crippen LogP contribution >= 0.6 is 0 Å². The van der Waals surface area contributed by atoms with E-state index in [0.717, 1.165) is 11.6 Å². The first-order valence-corrected chi connectivity index (χ1v) is 8.49. The Morgan fingerprint density at radius 3 is 2.07 bits per heavy atom. The van der Waals surface area contributed by atoms with Crippen molar-refractivity contribution in [2.24, 2.45) is 11.8 Å². The molecule has 0 aliphatic rings. The summed E-state index contributed by atoms with van der Waals surface area (Å²) in [4.78, 5) is 24.3. The van der Waals surface area contributed by atoms with Crippen molar-refractivity contribution in [1.29, 1.82) is 0 Å². The van der Waals surface area contributed by atoms with Crippen LogP contribution in [0.15, 0.2) is 42.5 Å². The van der Waals surface area contributed by atoms with Gasteiger partial charge in [0, 0.05) is 12.0 Å². The molecule has 0 radical (unpaired) electrons. The Labute approximate surface area is 156 Å². The fraction of sp³-hybridized carbons (Fsp3) is 0.474. The number of carbonyl (C=O) groups excluding carboxylic acids is 2. The summed E-state index contributed by atoms with van der Waals surface area (Å²) in [5.41, 5.74) is 0.805. The van der Waals surface area contributed by atoms with Crippen LogP contribution in [-0.4, -0.2) is 37.9 Å². The normalized spacial score (nSPS) is 13.0. The summed E-state index contributed by atoms with van der Waals surface area (Å²) < 4.78 is 52.9. The molecule has 0 bridgehead atoms. The number of esters is 2. The van der Waals surface area contributed by atoms with Gasteiger partial charge in [0.25, 0.3) is 0 Å². The van der Waals surface area contributed by atoms with Crippen LogP contribution in [0.25, 0.3) is 0 Å². The second kappa shape index (κ2) is 11.4. The quantitative estimate of drug-likeness (QED) is 0.348. The zero-order chi connectivity index (χ0) is 20.3. The van der Waals surface area contributed by atoms with Gasteiger partial charge in [0.05, 0.1) is 26.4 Å². The predicted octanol–water partition coefficient (Wildman–Crippen LogP) is 3.68. The van der Waals surface area contributed by atoms with Gasteiger partial charge in [0.1, 0.15) is 0 Å². The van der Waals surface area contributed by atoms with E-state index in [1.807, 2.05) is 6.07 Å². The Morgan fingerprint density at radius 2 is 1.59 bits per heavy atom. The third-order valence-corrected chi connectivity index (χ3v) is 3.46. The minimum absolute atomic E-state index is 0.0185. The molecule has 0 aliphatic heterocycles. The number of benzene rings is 1. The van der Waals surface area contributed by atoms with Crippen molar-refractivity contribution in [3.63, 3.8) is 0 Å². The molecule has 0 fully saturated rings. The molecule has 0 saturated carbocycles. The van der Waals surface area contributed by atoms with E-state index in [9.17, 15) is 22.8 Å². The summed E-state index contributed by atoms with van der Waals surface area (Å²) in [6, 6.07) is 8.97. The van der Waals surface area contributed by atoms with Gasteiger partial charge in [-0.05, 0) is 19.4 Å². The van der Waals surface area contributed by atoms with Crippen molar-refractivity contribution in [3.05, 3.63) is 48.0 Å². The van der Waals surface area contributed by atoms with Crippen LogP contribution in [0.2, 0.25) is 0 Å². The van der Waals surface area contributed by atoms with Gasteiger partial charge in [0.15, 0.2) is 5.92 Å². The van der Waals surface area contributed by atoms with E-state index in [1.165, 1.54) is 13.8 Å². The molecule has 8 heteroatoms. The van der Waals surface area contributed by atoms with Gasteiger partial charge in [-0.1, -0.05) is 36.4 Å². The zero-order valence-corrected chi connectivity index (χ0v) is 15.2. The number of carbonyl (C=O) groups is 2. The molecule has 1 atom stereocenters. The van der Waals surface area contributed by atoms with Gasteiger partial charge in [-0.3, -0.25) is 9.59 Å². The smallest absolute Gasteiger partial charge is 0.409 e. The third-order valence-electron chi connectivity index (χ3n) is 3.46. The first-order valence-electron chi connectivity index (χ1n) is 8.49. The second-order valence-electron chi connectivity index (χ2n) is 5.55. The Balaban J connectivity index is 2.97. The van der Waals surface area contributed by atoms with E-state index in [1.54, 1.807) is 24.3 Å². The molecule has 150 valence electrons. The molecule has 1 unspecified atom stereocenters. The molecule has 1 rings (SSSR count). The molecule has 0 aliphatic carbocycles. The van der Waals surface area contributed by atoms with Crippen molar-refractivity contribution in [2.45, 2.75) is 26.6 Å². The Hall–Kier alpha value is -2.35. The lowest BCUT2D eigenvalue weighted by Gasteiger charge is -2.22. The minimum Gasteiger partial charge on any atom is -0.465 e. The van der Waals surface area contributed by atoms with Crippen LogP contribution in [-0.2, 0) is 30.4 Å². The lowest BCUT2D eigenvalue weighted by atomic mass is 9.92. The van der Waals surface area contributed by atoms with Gasteiger partial charge in [-0.15, -0.1) is 0 Å². The lowest BCUT2D eigenvalue weighted by molar-refractivity contribution is -0.164. The molecule has 1 aromatic carbocycles. The van der Waals surface area contributed by atoms with Crippen LogP contribution in [0.1, 0.15) is 19.4 Å². The highest BCUT2D eigenvalue weighted by atomic mass is 19.4. The standard InChI is InChI=1S/C19H23F3O5/c1-3-26-17(23)16(18(24)27-4-2)15(10-11-19(20,21)22)13-25-12-14-8-6-5-7-9-14/h5-11,15-16H,3-4,12-13H2,1-2H3/b11-10+. The molecule has 5 nitrogen and oxygen atoms in total. The number of hydrogen-bond donors (Lipinski definition) is 0.